The van der Waals surface area contributed by atoms with Gasteiger partial charge in [0.2, 0.25) is 0 Å². The van der Waals surface area contributed by atoms with Crippen LogP contribution in [0, 0.1) is 11.8 Å². The predicted octanol–water partition coefficient (Wildman–Crippen LogP) is 2.42. The largest absolute Gasteiger partial charge is 0.481 e. The van der Waals surface area contributed by atoms with Crippen molar-refractivity contribution < 1.29 is 14.7 Å². The summed E-state index contributed by atoms with van der Waals surface area (Å²) in [6.45, 7) is 4.47. The second kappa shape index (κ2) is 9.03. The maximum Gasteiger partial charge on any atom is 0.303 e. The van der Waals surface area contributed by atoms with Crippen LogP contribution in [0.15, 0.2) is 24.3 Å². The zero-order chi connectivity index (χ0) is 18.4. The molecular formula is C20H29N3O3. The minimum absolute atomic E-state index is 0.0451. The van der Waals surface area contributed by atoms with E-state index in [9.17, 15) is 9.59 Å². The van der Waals surface area contributed by atoms with Gasteiger partial charge in [0.1, 0.15) is 0 Å². The summed E-state index contributed by atoms with van der Waals surface area (Å²) in [4.78, 5) is 25.3. The Morgan fingerprint density at radius 1 is 1.04 bits per heavy atom. The number of rotatable bonds is 6. The van der Waals surface area contributed by atoms with Crippen LogP contribution in [0.25, 0.3) is 0 Å². The first-order valence-electron chi connectivity index (χ1n) is 9.67. The minimum Gasteiger partial charge on any atom is -0.481 e. The van der Waals surface area contributed by atoms with Gasteiger partial charge in [0.15, 0.2) is 0 Å². The standard InChI is InChI=1S/C20H29N3O3/c24-19(25)13-15-7-11-23(12-8-15)20(26)17-1-3-18(4-2-17)22-14-16-5-9-21-10-6-16/h1-4,15-16,21-22H,5-14H2,(H,24,25). The van der Waals surface area contributed by atoms with E-state index in [0.717, 1.165) is 38.2 Å². The molecule has 2 saturated heterocycles. The Morgan fingerprint density at radius 2 is 1.69 bits per heavy atom. The summed E-state index contributed by atoms with van der Waals surface area (Å²) in [7, 11) is 0. The topological polar surface area (TPSA) is 81.7 Å². The van der Waals surface area contributed by atoms with Gasteiger partial charge in [-0.25, -0.2) is 0 Å². The minimum atomic E-state index is -0.748. The molecule has 0 bridgehead atoms. The van der Waals surface area contributed by atoms with Gasteiger partial charge in [-0.05, 0) is 74.9 Å². The fourth-order valence-corrected chi connectivity index (χ4v) is 3.85. The molecule has 0 aliphatic carbocycles. The van der Waals surface area contributed by atoms with Gasteiger partial charge in [-0.1, -0.05) is 0 Å². The molecule has 26 heavy (non-hydrogen) atoms. The second-order valence-corrected chi connectivity index (χ2v) is 7.49. The molecule has 0 spiro atoms. The number of benzene rings is 1. The van der Waals surface area contributed by atoms with Crippen molar-refractivity contribution in [1.29, 1.82) is 0 Å². The van der Waals surface area contributed by atoms with E-state index in [-0.39, 0.29) is 18.2 Å². The lowest BCUT2D eigenvalue weighted by atomic mass is 9.93. The molecule has 0 saturated carbocycles. The van der Waals surface area contributed by atoms with Gasteiger partial charge in [-0.15, -0.1) is 0 Å². The molecule has 2 heterocycles. The first-order valence-corrected chi connectivity index (χ1v) is 9.67. The molecule has 3 rings (SSSR count). The van der Waals surface area contributed by atoms with E-state index < -0.39 is 5.97 Å². The first-order chi connectivity index (χ1) is 12.6. The van der Waals surface area contributed by atoms with Crippen LogP contribution in [0.4, 0.5) is 5.69 Å². The number of nitrogens with zero attached hydrogens (tertiary/aromatic N) is 1. The van der Waals surface area contributed by atoms with Gasteiger partial charge in [-0.3, -0.25) is 9.59 Å². The molecule has 6 heteroatoms. The molecule has 0 radical (unpaired) electrons. The Balaban J connectivity index is 1.47. The highest BCUT2D eigenvalue weighted by Crippen LogP contribution is 2.22. The number of hydrogen-bond acceptors (Lipinski definition) is 4. The number of anilines is 1. The number of carbonyl (C=O) groups is 2. The monoisotopic (exact) mass is 359 g/mol. The van der Waals surface area contributed by atoms with E-state index in [4.69, 9.17) is 5.11 Å². The summed E-state index contributed by atoms with van der Waals surface area (Å²) in [5, 5.41) is 15.7. The van der Waals surface area contributed by atoms with Gasteiger partial charge in [0.25, 0.3) is 5.91 Å². The van der Waals surface area contributed by atoms with Crippen molar-refractivity contribution >= 4 is 17.6 Å². The molecule has 0 aromatic heterocycles. The summed E-state index contributed by atoms with van der Waals surface area (Å²) in [6, 6.07) is 7.73. The Labute approximate surface area is 155 Å². The van der Waals surface area contributed by atoms with Crippen molar-refractivity contribution in [1.82, 2.24) is 10.2 Å². The van der Waals surface area contributed by atoms with Crippen LogP contribution in [-0.2, 0) is 4.79 Å². The lowest BCUT2D eigenvalue weighted by molar-refractivity contribution is -0.138. The molecule has 1 amide bonds. The molecule has 1 aromatic rings. The van der Waals surface area contributed by atoms with Crippen LogP contribution in [0.2, 0.25) is 0 Å². The Hall–Kier alpha value is -2.08. The van der Waals surface area contributed by atoms with E-state index in [2.05, 4.69) is 10.6 Å². The van der Waals surface area contributed by atoms with E-state index in [0.29, 0.717) is 24.6 Å². The van der Waals surface area contributed by atoms with Crippen LogP contribution in [0.3, 0.4) is 0 Å². The SMILES string of the molecule is O=C(O)CC1CCN(C(=O)c2ccc(NCC3CCNCC3)cc2)CC1. The third-order valence-corrected chi connectivity index (χ3v) is 5.55. The van der Waals surface area contributed by atoms with E-state index in [1.807, 2.05) is 29.2 Å². The molecule has 2 fully saturated rings. The second-order valence-electron chi connectivity index (χ2n) is 7.49. The number of carboxylic acid groups (broad SMARTS) is 1. The lowest BCUT2D eigenvalue weighted by Gasteiger charge is -2.31. The number of hydrogen-bond donors (Lipinski definition) is 3. The molecule has 2 aliphatic heterocycles. The van der Waals surface area contributed by atoms with Crippen LogP contribution >= 0.6 is 0 Å². The number of aliphatic carboxylic acids is 1. The third kappa shape index (κ3) is 5.21. The number of carboxylic acids is 1. The highest BCUT2D eigenvalue weighted by atomic mass is 16.4. The summed E-state index contributed by atoms with van der Waals surface area (Å²) in [5.74, 6) is 0.203. The summed E-state index contributed by atoms with van der Waals surface area (Å²) in [6.07, 6.45) is 4.17. The molecule has 2 aliphatic rings. The Morgan fingerprint density at radius 3 is 2.31 bits per heavy atom. The molecule has 3 N–H and O–H groups in total. The Bertz CT molecular complexity index is 603. The van der Waals surface area contributed by atoms with Crippen molar-refractivity contribution in [3.05, 3.63) is 29.8 Å². The first kappa shape index (κ1) is 18.7. The highest BCUT2D eigenvalue weighted by molar-refractivity contribution is 5.94. The van der Waals surface area contributed by atoms with Crippen molar-refractivity contribution in [2.75, 3.05) is 38.0 Å². The number of amides is 1. The fourth-order valence-electron chi connectivity index (χ4n) is 3.85. The summed E-state index contributed by atoms with van der Waals surface area (Å²) >= 11 is 0. The van der Waals surface area contributed by atoms with Gasteiger partial charge in [0, 0.05) is 37.3 Å². The van der Waals surface area contributed by atoms with Crippen molar-refractivity contribution in [3.8, 4) is 0 Å². The van der Waals surface area contributed by atoms with Crippen molar-refractivity contribution in [3.63, 3.8) is 0 Å². The number of likely N-dealkylation sites (tertiary alicyclic amines) is 1. The van der Waals surface area contributed by atoms with Crippen LogP contribution < -0.4 is 10.6 Å². The number of piperidine rings is 2. The highest BCUT2D eigenvalue weighted by Gasteiger charge is 2.25. The van der Waals surface area contributed by atoms with E-state index >= 15 is 0 Å². The Kier molecular flexibility index (Phi) is 6.50. The molecule has 0 atom stereocenters. The predicted molar refractivity (Wildman–Crippen MR) is 101 cm³/mol. The van der Waals surface area contributed by atoms with Gasteiger partial charge >= 0.3 is 5.97 Å². The normalized spacial score (nSPS) is 19.3. The average Bonchev–Trinajstić information content (AvgIpc) is 2.67. The van der Waals surface area contributed by atoms with Crippen LogP contribution in [0.5, 0.6) is 0 Å². The lowest BCUT2D eigenvalue weighted by Crippen LogP contribution is -2.38. The van der Waals surface area contributed by atoms with Crippen LogP contribution in [-0.4, -0.2) is 54.6 Å². The maximum atomic E-state index is 12.6. The molecular weight excluding hydrogens is 330 g/mol. The maximum absolute atomic E-state index is 12.6. The molecule has 1 aromatic carbocycles. The van der Waals surface area contributed by atoms with Gasteiger partial charge in [0.05, 0.1) is 0 Å². The number of carbonyl (C=O) groups excluding carboxylic acids is 1. The van der Waals surface area contributed by atoms with E-state index in [1.165, 1.54) is 12.8 Å². The fraction of sp³-hybridized carbons (Fsp3) is 0.600. The zero-order valence-electron chi connectivity index (χ0n) is 15.2. The average molecular weight is 359 g/mol. The van der Waals surface area contributed by atoms with Crippen LogP contribution in [0.1, 0.15) is 42.5 Å². The summed E-state index contributed by atoms with van der Waals surface area (Å²) < 4.78 is 0. The zero-order valence-corrected chi connectivity index (χ0v) is 15.2. The van der Waals surface area contributed by atoms with E-state index in [1.54, 1.807) is 0 Å². The third-order valence-electron chi connectivity index (χ3n) is 5.55. The number of nitrogens with one attached hydrogen (secondary N) is 2. The summed E-state index contributed by atoms with van der Waals surface area (Å²) in [5.41, 5.74) is 1.76. The quantitative estimate of drug-likeness (QED) is 0.727. The van der Waals surface area contributed by atoms with Gasteiger partial charge < -0.3 is 20.6 Å². The molecule has 0 unspecified atom stereocenters. The molecule has 142 valence electrons. The van der Waals surface area contributed by atoms with Crippen molar-refractivity contribution in [2.24, 2.45) is 11.8 Å². The van der Waals surface area contributed by atoms with Gasteiger partial charge in [-0.2, -0.15) is 0 Å². The van der Waals surface area contributed by atoms with Crippen molar-refractivity contribution in [2.45, 2.75) is 32.1 Å². The smallest absolute Gasteiger partial charge is 0.303 e. The molecule has 6 nitrogen and oxygen atoms in total.